The summed E-state index contributed by atoms with van der Waals surface area (Å²) in [5, 5.41) is 11.2. The Labute approximate surface area is 87.0 Å². The van der Waals surface area contributed by atoms with Gasteiger partial charge in [-0.05, 0) is 11.1 Å². The quantitative estimate of drug-likeness (QED) is 0.475. The van der Waals surface area contributed by atoms with E-state index in [1.54, 1.807) is 7.05 Å². The number of hydrogen-bond acceptors (Lipinski definition) is 1. The van der Waals surface area contributed by atoms with E-state index in [9.17, 15) is 0 Å². The normalized spacial score (nSPS) is 9.69. The number of rotatable bonds is 3. The van der Waals surface area contributed by atoms with Gasteiger partial charge in [-0.25, -0.2) is 0 Å². The Balaban J connectivity index is 2.81. The first-order valence-corrected chi connectivity index (χ1v) is 5.28. The lowest BCUT2D eigenvalue weighted by molar-refractivity contribution is 1.07. The summed E-state index contributed by atoms with van der Waals surface area (Å²) in [4.78, 5) is 0. The zero-order chi connectivity index (χ0) is 9.68. The van der Waals surface area contributed by atoms with Gasteiger partial charge in [0.1, 0.15) is 0 Å². The zero-order valence-electron chi connectivity index (χ0n) is 7.60. The van der Waals surface area contributed by atoms with E-state index in [0.717, 1.165) is 5.33 Å². The number of nitrogens with one attached hydrogen (secondary N) is 2. The van der Waals surface area contributed by atoms with E-state index in [-0.39, 0.29) is 0 Å². The predicted molar refractivity (Wildman–Crippen MR) is 59.6 cm³/mol. The molecule has 0 amide bonds. The van der Waals surface area contributed by atoms with Crippen LogP contribution in [0.25, 0.3) is 0 Å². The van der Waals surface area contributed by atoms with Gasteiger partial charge in [-0.3, -0.25) is 5.41 Å². The molecule has 0 radical (unpaired) electrons. The third-order valence-corrected chi connectivity index (χ3v) is 2.54. The molecular formula is C10H13BrN2. The van der Waals surface area contributed by atoms with Crippen LogP contribution in [0.15, 0.2) is 24.3 Å². The average molecular weight is 241 g/mol. The molecule has 0 aliphatic rings. The Morgan fingerprint density at radius 2 is 2.00 bits per heavy atom. The van der Waals surface area contributed by atoms with Crippen LogP contribution < -0.4 is 5.32 Å². The lowest BCUT2D eigenvalue weighted by Gasteiger charge is -2.07. The fraction of sp³-hybridized carbons (Fsp3) is 0.300. The lowest BCUT2D eigenvalue weighted by atomic mass is 10.1. The molecule has 70 valence electrons. The SMILES string of the molecule is CNC(=N)Cc1ccccc1CBr. The number of likely N-dealkylation sites (N-methyl/N-ethyl adjacent to an activating group) is 1. The van der Waals surface area contributed by atoms with Crippen LogP contribution in [-0.4, -0.2) is 12.9 Å². The van der Waals surface area contributed by atoms with Crippen LogP contribution in [-0.2, 0) is 11.8 Å². The third-order valence-electron chi connectivity index (χ3n) is 1.93. The summed E-state index contributed by atoms with van der Waals surface area (Å²) in [6.45, 7) is 0. The van der Waals surface area contributed by atoms with Crippen LogP contribution in [0, 0.1) is 5.41 Å². The van der Waals surface area contributed by atoms with E-state index in [2.05, 4.69) is 33.4 Å². The monoisotopic (exact) mass is 240 g/mol. The zero-order valence-corrected chi connectivity index (χ0v) is 9.19. The maximum atomic E-state index is 7.52. The molecule has 1 aromatic rings. The number of hydrogen-bond donors (Lipinski definition) is 2. The first kappa shape index (κ1) is 10.3. The number of alkyl halides is 1. The van der Waals surface area contributed by atoms with Gasteiger partial charge in [0, 0.05) is 18.8 Å². The van der Waals surface area contributed by atoms with Gasteiger partial charge in [-0.2, -0.15) is 0 Å². The topological polar surface area (TPSA) is 35.9 Å². The first-order chi connectivity index (χ1) is 6.27. The van der Waals surface area contributed by atoms with Crippen molar-refractivity contribution in [3.63, 3.8) is 0 Å². The third kappa shape index (κ3) is 2.84. The average Bonchev–Trinajstić information content (AvgIpc) is 2.18. The molecule has 1 rings (SSSR count). The van der Waals surface area contributed by atoms with Crippen LogP contribution >= 0.6 is 15.9 Å². The number of benzene rings is 1. The first-order valence-electron chi connectivity index (χ1n) is 4.16. The van der Waals surface area contributed by atoms with Gasteiger partial charge >= 0.3 is 0 Å². The van der Waals surface area contributed by atoms with Gasteiger partial charge in [0.2, 0.25) is 0 Å². The largest absolute Gasteiger partial charge is 0.377 e. The highest BCUT2D eigenvalue weighted by Crippen LogP contribution is 2.12. The fourth-order valence-corrected chi connectivity index (χ4v) is 1.69. The Hall–Kier alpha value is -0.830. The smallest absolute Gasteiger partial charge is 0.0973 e. The molecule has 0 bridgehead atoms. The molecule has 0 unspecified atom stereocenters. The van der Waals surface area contributed by atoms with Crippen LogP contribution in [0.1, 0.15) is 11.1 Å². The van der Waals surface area contributed by atoms with Crippen molar-refractivity contribution in [1.29, 1.82) is 5.41 Å². The molecule has 3 heteroatoms. The Kier molecular flexibility index (Phi) is 3.96. The summed E-state index contributed by atoms with van der Waals surface area (Å²) in [6, 6.07) is 8.16. The molecule has 0 fully saturated rings. The van der Waals surface area contributed by atoms with E-state index < -0.39 is 0 Å². The van der Waals surface area contributed by atoms with Crippen molar-refractivity contribution in [3.8, 4) is 0 Å². The maximum absolute atomic E-state index is 7.52. The van der Waals surface area contributed by atoms with Gasteiger partial charge in [0.05, 0.1) is 5.84 Å². The summed E-state index contributed by atoms with van der Waals surface area (Å²) in [6.07, 6.45) is 0.679. The van der Waals surface area contributed by atoms with Crippen molar-refractivity contribution in [3.05, 3.63) is 35.4 Å². The second-order valence-electron chi connectivity index (χ2n) is 2.81. The van der Waals surface area contributed by atoms with Crippen molar-refractivity contribution in [2.45, 2.75) is 11.8 Å². The van der Waals surface area contributed by atoms with Gasteiger partial charge in [0.25, 0.3) is 0 Å². The fourth-order valence-electron chi connectivity index (χ4n) is 1.14. The van der Waals surface area contributed by atoms with Crippen molar-refractivity contribution in [2.24, 2.45) is 0 Å². The summed E-state index contributed by atoms with van der Waals surface area (Å²) in [5.41, 5.74) is 2.46. The molecule has 0 spiro atoms. The minimum Gasteiger partial charge on any atom is -0.377 e. The highest BCUT2D eigenvalue weighted by molar-refractivity contribution is 9.08. The standard InChI is InChI=1S/C10H13BrN2/c1-13-10(12)6-8-4-2-3-5-9(8)7-11/h2-5H,6-7H2,1H3,(H2,12,13). The summed E-state index contributed by atoms with van der Waals surface area (Å²) in [7, 11) is 1.78. The van der Waals surface area contributed by atoms with Crippen molar-refractivity contribution in [1.82, 2.24) is 5.32 Å². The van der Waals surface area contributed by atoms with Crippen LogP contribution in [0.5, 0.6) is 0 Å². The molecule has 0 heterocycles. The Morgan fingerprint density at radius 1 is 1.38 bits per heavy atom. The second kappa shape index (κ2) is 5.02. The summed E-state index contributed by atoms with van der Waals surface area (Å²) < 4.78 is 0. The Bertz CT molecular complexity index is 297. The predicted octanol–water partition coefficient (Wildman–Crippen LogP) is 2.32. The molecule has 0 aromatic heterocycles. The van der Waals surface area contributed by atoms with Crippen molar-refractivity contribution < 1.29 is 0 Å². The molecule has 0 saturated carbocycles. The van der Waals surface area contributed by atoms with Gasteiger partial charge in [0.15, 0.2) is 0 Å². The molecule has 0 saturated heterocycles. The van der Waals surface area contributed by atoms with Crippen LogP contribution in [0.3, 0.4) is 0 Å². The van der Waals surface area contributed by atoms with E-state index in [0.29, 0.717) is 12.3 Å². The molecule has 0 aliphatic carbocycles. The molecule has 0 atom stereocenters. The van der Waals surface area contributed by atoms with Gasteiger partial charge in [-0.15, -0.1) is 0 Å². The maximum Gasteiger partial charge on any atom is 0.0973 e. The van der Waals surface area contributed by atoms with E-state index >= 15 is 0 Å². The van der Waals surface area contributed by atoms with Gasteiger partial charge < -0.3 is 5.32 Å². The van der Waals surface area contributed by atoms with Gasteiger partial charge in [-0.1, -0.05) is 40.2 Å². The minimum absolute atomic E-state index is 0.549. The van der Waals surface area contributed by atoms with E-state index in [1.807, 2.05) is 12.1 Å². The lowest BCUT2D eigenvalue weighted by Crippen LogP contribution is -2.19. The highest BCUT2D eigenvalue weighted by Gasteiger charge is 2.01. The molecule has 0 aliphatic heterocycles. The molecule has 2 nitrogen and oxygen atoms in total. The second-order valence-corrected chi connectivity index (χ2v) is 3.37. The van der Waals surface area contributed by atoms with Crippen molar-refractivity contribution >= 4 is 21.8 Å². The van der Waals surface area contributed by atoms with Crippen LogP contribution in [0.2, 0.25) is 0 Å². The summed E-state index contributed by atoms with van der Waals surface area (Å²) >= 11 is 3.43. The van der Waals surface area contributed by atoms with Crippen LogP contribution in [0.4, 0.5) is 0 Å². The van der Waals surface area contributed by atoms with Crippen molar-refractivity contribution in [2.75, 3.05) is 7.05 Å². The van der Waals surface area contributed by atoms with E-state index in [1.165, 1.54) is 11.1 Å². The van der Waals surface area contributed by atoms with E-state index in [4.69, 9.17) is 5.41 Å². The molecule has 2 N–H and O–H groups in total. The summed E-state index contributed by atoms with van der Waals surface area (Å²) in [5.74, 6) is 0.549. The molecule has 13 heavy (non-hydrogen) atoms. The number of halogens is 1. The highest BCUT2D eigenvalue weighted by atomic mass is 79.9. The molecular weight excluding hydrogens is 228 g/mol. The minimum atomic E-state index is 0.549. The number of amidine groups is 1. The Morgan fingerprint density at radius 3 is 2.54 bits per heavy atom. The molecule has 1 aromatic carbocycles.